The monoisotopic (exact) mass is 349 g/mol. The number of aliphatic hydroxyl groups is 1. The van der Waals surface area contributed by atoms with Gasteiger partial charge >= 0.3 is 0 Å². The van der Waals surface area contributed by atoms with Crippen molar-refractivity contribution in [3.05, 3.63) is 46.2 Å². The first-order chi connectivity index (χ1) is 10.1. The standard InChI is InChI=1S/C16H20BrN3O/c1-20-13(15(17)18-19-20)14(21)16(10-6-3-7-11-16)12-8-4-2-5-9-12/h2,4-5,8-9,14,21H,3,6-7,10-11H2,1H3. The normalized spacial score (nSPS) is 19.4. The van der Waals surface area contributed by atoms with Crippen LogP contribution in [0.15, 0.2) is 34.9 Å². The number of hydrogen-bond acceptors (Lipinski definition) is 3. The topological polar surface area (TPSA) is 50.9 Å². The van der Waals surface area contributed by atoms with Gasteiger partial charge in [0.2, 0.25) is 0 Å². The molecule has 0 bridgehead atoms. The molecule has 4 nitrogen and oxygen atoms in total. The number of aromatic nitrogens is 3. The van der Waals surface area contributed by atoms with Crippen molar-refractivity contribution in [1.82, 2.24) is 15.0 Å². The SMILES string of the molecule is Cn1nnc(Br)c1C(O)C1(c2ccccc2)CCCCC1. The molecule has 0 amide bonds. The first-order valence-electron chi connectivity index (χ1n) is 7.44. The van der Waals surface area contributed by atoms with Crippen LogP contribution in [0.2, 0.25) is 0 Å². The Morgan fingerprint density at radius 3 is 2.43 bits per heavy atom. The Morgan fingerprint density at radius 2 is 1.86 bits per heavy atom. The summed E-state index contributed by atoms with van der Waals surface area (Å²) in [5, 5.41) is 19.2. The molecule has 2 aromatic rings. The summed E-state index contributed by atoms with van der Waals surface area (Å²) >= 11 is 3.43. The zero-order chi connectivity index (χ0) is 14.9. The highest BCUT2D eigenvalue weighted by Gasteiger charge is 2.43. The average Bonchev–Trinajstić information content (AvgIpc) is 2.87. The van der Waals surface area contributed by atoms with Gasteiger partial charge in [0, 0.05) is 12.5 Å². The van der Waals surface area contributed by atoms with Crippen molar-refractivity contribution < 1.29 is 5.11 Å². The van der Waals surface area contributed by atoms with Gasteiger partial charge in [-0.1, -0.05) is 54.8 Å². The first kappa shape index (κ1) is 14.7. The fourth-order valence-electron chi connectivity index (χ4n) is 3.56. The van der Waals surface area contributed by atoms with Gasteiger partial charge in [-0.25, -0.2) is 4.68 Å². The van der Waals surface area contributed by atoms with Crippen molar-refractivity contribution in [2.75, 3.05) is 0 Å². The van der Waals surface area contributed by atoms with Gasteiger partial charge in [0.05, 0.1) is 0 Å². The lowest BCUT2D eigenvalue weighted by Gasteiger charge is -2.41. The van der Waals surface area contributed by atoms with Gasteiger partial charge in [0.25, 0.3) is 0 Å². The van der Waals surface area contributed by atoms with Crippen LogP contribution >= 0.6 is 15.9 Å². The third-order valence-corrected chi connectivity index (χ3v) is 5.27. The lowest BCUT2D eigenvalue weighted by molar-refractivity contribution is 0.0459. The summed E-state index contributed by atoms with van der Waals surface area (Å²) in [6.45, 7) is 0. The molecule has 112 valence electrons. The van der Waals surface area contributed by atoms with Crippen LogP contribution in [0, 0.1) is 0 Å². The van der Waals surface area contributed by atoms with Gasteiger partial charge in [0.1, 0.15) is 11.8 Å². The van der Waals surface area contributed by atoms with E-state index in [0.29, 0.717) is 4.60 Å². The fraction of sp³-hybridized carbons (Fsp3) is 0.500. The van der Waals surface area contributed by atoms with Crippen LogP contribution < -0.4 is 0 Å². The summed E-state index contributed by atoms with van der Waals surface area (Å²) in [5.74, 6) is 0. The number of halogens is 1. The number of aryl methyl sites for hydroxylation is 1. The van der Waals surface area contributed by atoms with E-state index in [9.17, 15) is 5.11 Å². The molecule has 1 atom stereocenters. The molecule has 1 N–H and O–H groups in total. The van der Waals surface area contributed by atoms with E-state index in [4.69, 9.17) is 0 Å². The van der Waals surface area contributed by atoms with Crippen molar-refractivity contribution in [2.45, 2.75) is 43.6 Å². The summed E-state index contributed by atoms with van der Waals surface area (Å²) in [7, 11) is 1.83. The third kappa shape index (κ3) is 2.53. The van der Waals surface area contributed by atoms with Gasteiger partial charge < -0.3 is 5.11 Å². The molecule has 1 unspecified atom stereocenters. The van der Waals surface area contributed by atoms with Gasteiger partial charge in [0.15, 0.2) is 4.60 Å². The van der Waals surface area contributed by atoms with E-state index in [-0.39, 0.29) is 5.41 Å². The molecule has 1 aliphatic rings. The highest BCUT2D eigenvalue weighted by molar-refractivity contribution is 9.10. The number of nitrogens with zero attached hydrogens (tertiary/aromatic N) is 3. The summed E-state index contributed by atoms with van der Waals surface area (Å²) in [4.78, 5) is 0. The molecular formula is C16H20BrN3O. The Kier molecular flexibility index (Phi) is 4.13. The zero-order valence-corrected chi connectivity index (χ0v) is 13.8. The predicted octanol–water partition coefficient (Wildman–Crippen LogP) is 3.51. The van der Waals surface area contributed by atoms with Gasteiger partial charge in [-0.05, 0) is 34.3 Å². The lowest BCUT2D eigenvalue weighted by atomic mass is 9.65. The molecule has 0 spiro atoms. The maximum atomic E-state index is 11.2. The van der Waals surface area contributed by atoms with E-state index in [0.717, 1.165) is 31.4 Å². The second kappa shape index (κ2) is 5.89. The summed E-state index contributed by atoms with van der Waals surface area (Å²) in [5.41, 5.74) is 1.74. The molecule has 1 fully saturated rings. The molecular weight excluding hydrogens is 330 g/mol. The molecule has 1 heterocycles. The van der Waals surface area contributed by atoms with E-state index in [2.05, 4.69) is 50.5 Å². The number of benzene rings is 1. The molecule has 0 aliphatic heterocycles. The van der Waals surface area contributed by atoms with Crippen LogP contribution in [-0.2, 0) is 12.5 Å². The zero-order valence-electron chi connectivity index (χ0n) is 12.2. The van der Waals surface area contributed by atoms with Crippen molar-refractivity contribution in [1.29, 1.82) is 0 Å². The molecule has 1 aliphatic carbocycles. The Labute approximate surface area is 133 Å². The fourth-order valence-corrected chi connectivity index (χ4v) is 4.11. The van der Waals surface area contributed by atoms with E-state index >= 15 is 0 Å². The highest BCUT2D eigenvalue weighted by atomic mass is 79.9. The Bertz CT molecular complexity index is 586. The van der Waals surface area contributed by atoms with E-state index in [1.54, 1.807) is 4.68 Å². The molecule has 1 aromatic carbocycles. The van der Waals surface area contributed by atoms with Crippen LogP contribution in [-0.4, -0.2) is 20.1 Å². The van der Waals surface area contributed by atoms with Crippen LogP contribution in [0.25, 0.3) is 0 Å². The van der Waals surface area contributed by atoms with Crippen LogP contribution in [0.4, 0.5) is 0 Å². The van der Waals surface area contributed by atoms with Crippen molar-refractivity contribution in [3.8, 4) is 0 Å². The largest absolute Gasteiger partial charge is 0.386 e. The lowest BCUT2D eigenvalue weighted by Crippen LogP contribution is -2.37. The Morgan fingerprint density at radius 1 is 1.19 bits per heavy atom. The quantitative estimate of drug-likeness (QED) is 0.922. The van der Waals surface area contributed by atoms with E-state index < -0.39 is 6.10 Å². The minimum absolute atomic E-state index is 0.239. The summed E-state index contributed by atoms with van der Waals surface area (Å²) in [6.07, 6.45) is 4.93. The molecule has 5 heteroatoms. The van der Waals surface area contributed by atoms with Crippen LogP contribution in [0.1, 0.15) is 49.5 Å². The first-order valence-corrected chi connectivity index (χ1v) is 8.23. The minimum atomic E-state index is -0.602. The Hall–Kier alpha value is -1.20. The minimum Gasteiger partial charge on any atom is -0.386 e. The highest BCUT2D eigenvalue weighted by Crippen LogP contribution is 2.48. The predicted molar refractivity (Wildman–Crippen MR) is 84.9 cm³/mol. The van der Waals surface area contributed by atoms with Gasteiger partial charge in [-0.3, -0.25) is 0 Å². The number of aliphatic hydroxyl groups excluding tert-OH is 1. The van der Waals surface area contributed by atoms with Crippen molar-refractivity contribution in [3.63, 3.8) is 0 Å². The van der Waals surface area contributed by atoms with Crippen molar-refractivity contribution >= 4 is 15.9 Å². The molecule has 3 rings (SSSR count). The number of hydrogen-bond donors (Lipinski definition) is 1. The van der Waals surface area contributed by atoms with Crippen LogP contribution in [0.5, 0.6) is 0 Å². The Balaban J connectivity index is 2.08. The number of rotatable bonds is 3. The summed E-state index contributed by atoms with van der Waals surface area (Å²) in [6, 6.07) is 10.4. The average molecular weight is 350 g/mol. The van der Waals surface area contributed by atoms with Gasteiger partial charge in [-0.2, -0.15) is 0 Å². The smallest absolute Gasteiger partial charge is 0.154 e. The van der Waals surface area contributed by atoms with Gasteiger partial charge in [-0.15, -0.1) is 5.10 Å². The second-order valence-electron chi connectivity index (χ2n) is 5.87. The maximum Gasteiger partial charge on any atom is 0.154 e. The maximum absolute atomic E-state index is 11.2. The molecule has 0 saturated heterocycles. The van der Waals surface area contributed by atoms with E-state index in [1.165, 1.54) is 12.0 Å². The second-order valence-corrected chi connectivity index (χ2v) is 6.63. The summed E-state index contributed by atoms with van der Waals surface area (Å²) < 4.78 is 2.31. The molecule has 1 aromatic heterocycles. The van der Waals surface area contributed by atoms with Crippen molar-refractivity contribution in [2.24, 2.45) is 7.05 Å². The molecule has 1 saturated carbocycles. The molecule has 21 heavy (non-hydrogen) atoms. The third-order valence-electron chi connectivity index (χ3n) is 4.70. The van der Waals surface area contributed by atoms with E-state index in [1.807, 2.05) is 13.1 Å². The molecule has 0 radical (unpaired) electrons. The van der Waals surface area contributed by atoms with Crippen LogP contribution in [0.3, 0.4) is 0 Å².